The minimum Gasteiger partial charge on any atom is -0.479 e. The lowest BCUT2D eigenvalue weighted by atomic mass is 9.98. The van der Waals surface area contributed by atoms with E-state index in [0.29, 0.717) is 5.06 Å². The van der Waals surface area contributed by atoms with Gasteiger partial charge >= 0.3 is 18.2 Å². The number of benzene rings is 2. The maximum absolute atomic E-state index is 13.4. The Kier molecular flexibility index (Phi) is 7.77. The third kappa shape index (κ3) is 6.04. The van der Waals surface area contributed by atoms with Gasteiger partial charge in [0, 0.05) is 19.4 Å². The van der Waals surface area contributed by atoms with Crippen LogP contribution in [0.15, 0.2) is 48.5 Å². The van der Waals surface area contributed by atoms with Crippen LogP contribution in [0.25, 0.3) is 11.1 Å². The quantitative estimate of drug-likeness (QED) is 0.531. The van der Waals surface area contributed by atoms with E-state index in [-0.39, 0.29) is 12.5 Å². The zero-order valence-electron chi connectivity index (χ0n) is 18.2. The highest BCUT2D eigenvalue weighted by molar-refractivity contribution is 5.79. The Bertz CT molecular complexity index is 1010. The SMILES string of the molecule is CN(OCC(=O)O)C(=O)CC[C@H](NC(=O)OCC1c2ccccc2-c2ccccc21)C(F)(F)F. The fraction of sp³-hybridized carbons (Fsp3) is 0.348. The van der Waals surface area contributed by atoms with Gasteiger partial charge in [0.1, 0.15) is 12.6 Å². The van der Waals surface area contributed by atoms with Crippen molar-refractivity contribution in [3.63, 3.8) is 0 Å². The summed E-state index contributed by atoms with van der Waals surface area (Å²) in [5, 5.41) is 10.9. The Morgan fingerprint density at radius 3 is 2.15 bits per heavy atom. The maximum Gasteiger partial charge on any atom is 0.408 e. The van der Waals surface area contributed by atoms with Gasteiger partial charge in [0.25, 0.3) is 0 Å². The number of hydrogen-bond donors (Lipinski definition) is 2. The Morgan fingerprint density at radius 1 is 1.06 bits per heavy atom. The summed E-state index contributed by atoms with van der Waals surface area (Å²) in [5.41, 5.74) is 3.79. The van der Waals surface area contributed by atoms with Crippen molar-refractivity contribution in [2.24, 2.45) is 0 Å². The molecule has 0 aliphatic heterocycles. The van der Waals surface area contributed by atoms with Crippen molar-refractivity contribution in [2.75, 3.05) is 20.3 Å². The van der Waals surface area contributed by atoms with Crippen LogP contribution < -0.4 is 5.32 Å². The smallest absolute Gasteiger partial charge is 0.408 e. The first kappa shape index (κ1) is 25.0. The average Bonchev–Trinajstić information content (AvgIpc) is 3.11. The van der Waals surface area contributed by atoms with Crippen molar-refractivity contribution < 1.29 is 42.2 Å². The van der Waals surface area contributed by atoms with Crippen LogP contribution in [-0.4, -0.2) is 60.6 Å². The predicted molar refractivity (Wildman–Crippen MR) is 114 cm³/mol. The van der Waals surface area contributed by atoms with E-state index in [9.17, 15) is 27.6 Å². The fourth-order valence-corrected chi connectivity index (χ4v) is 3.75. The highest BCUT2D eigenvalue weighted by Gasteiger charge is 2.41. The first-order chi connectivity index (χ1) is 16.1. The number of aliphatic carboxylic acids is 1. The summed E-state index contributed by atoms with van der Waals surface area (Å²) in [6.45, 7) is -0.974. The van der Waals surface area contributed by atoms with Crippen LogP contribution in [-0.2, 0) is 19.2 Å². The number of alkyl carbamates (subject to hydrolysis) is 1. The summed E-state index contributed by atoms with van der Waals surface area (Å²) < 4.78 is 45.4. The standard InChI is InChI=1S/C23H23F3N2O6/c1-28(34-13-21(30)31)20(29)11-10-19(23(24,25)26)27-22(32)33-12-18-16-8-4-2-6-14(16)15-7-3-5-9-17(15)18/h2-9,18-19H,10-13H2,1H3,(H,27,32)(H,30,31)/t19-/m0/s1. The number of alkyl halides is 3. The van der Waals surface area contributed by atoms with Gasteiger partial charge < -0.3 is 15.2 Å². The zero-order chi connectivity index (χ0) is 24.9. The number of fused-ring (bicyclic) bond motifs is 3. The van der Waals surface area contributed by atoms with Gasteiger partial charge in [-0.25, -0.2) is 14.7 Å². The van der Waals surface area contributed by atoms with Gasteiger partial charge in [-0.15, -0.1) is 0 Å². The summed E-state index contributed by atoms with van der Waals surface area (Å²) in [6, 6.07) is 12.7. The number of carboxylic acid groups (broad SMARTS) is 1. The third-order valence-corrected chi connectivity index (χ3v) is 5.41. The number of nitrogens with one attached hydrogen (secondary N) is 1. The first-order valence-corrected chi connectivity index (χ1v) is 10.4. The molecule has 8 nitrogen and oxygen atoms in total. The lowest BCUT2D eigenvalue weighted by Gasteiger charge is -2.23. The molecule has 0 spiro atoms. The van der Waals surface area contributed by atoms with Crippen LogP contribution in [0.3, 0.4) is 0 Å². The Hall–Kier alpha value is -3.60. The van der Waals surface area contributed by atoms with E-state index in [0.717, 1.165) is 29.3 Å². The van der Waals surface area contributed by atoms with Crippen LogP contribution in [0.4, 0.5) is 18.0 Å². The van der Waals surface area contributed by atoms with Crippen LogP contribution in [0.1, 0.15) is 29.9 Å². The number of carboxylic acids is 1. The van der Waals surface area contributed by atoms with Crippen molar-refractivity contribution >= 4 is 18.0 Å². The number of ether oxygens (including phenoxy) is 1. The van der Waals surface area contributed by atoms with Gasteiger partial charge in [-0.05, 0) is 28.7 Å². The Labute approximate surface area is 193 Å². The molecular weight excluding hydrogens is 457 g/mol. The van der Waals surface area contributed by atoms with Crippen molar-refractivity contribution in [2.45, 2.75) is 31.0 Å². The molecule has 1 atom stereocenters. The summed E-state index contributed by atoms with van der Waals surface area (Å²) in [4.78, 5) is 39.2. The van der Waals surface area contributed by atoms with Crippen molar-refractivity contribution in [1.29, 1.82) is 0 Å². The predicted octanol–water partition coefficient (Wildman–Crippen LogP) is 3.71. The number of nitrogens with zero attached hydrogens (tertiary/aromatic N) is 1. The molecule has 2 amide bonds. The van der Waals surface area contributed by atoms with Crippen LogP contribution in [0, 0.1) is 0 Å². The first-order valence-electron chi connectivity index (χ1n) is 10.4. The van der Waals surface area contributed by atoms with Gasteiger partial charge in [0.05, 0.1) is 0 Å². The summed E-state index contributed by atoms with van der Waals surface area (Å²) >= 11 is 0. The molecule has 0 aromatic heterocycles. The molecule has 1 aliphatic rings. The van der Waals surface area contributed by atoms with E-state index in [4.69, 9.17) is 9.84 Å². The van der Waals surface area contributed by atoms with E-state index in [1.54, 1.807) is 5.32 Å². The molecule has 0 unspecified atom stereocenters. The summed E-state index contributed by atoms with van der Waals surface area (Å²) in [7, 11) is 1.09. The van der Waals surface area contributed by atoms with Gasteiger partial charge in [-0.3, -0.25) is 9.63 Å². The molecule has 182 valence electrons. The van der Waals surface area contributed by atoms with E-state index >= 15 is 0 Å². The van der Waals surface area contributed by atoms with E-state index in [2.05, 4.69) is 4.84 Å². The number of carbonyl (C=O) groups excluding carboxylic acids is 2. The van der Waals surface area contributed by atoms with Gasteiger partial charge in [-0.1, -0.05) is 48.5 Å². The maximum atomic E-state index is 13.4. The molecular formula is C23H23F3N2O6. The van der Waals surface area contributed by atoms with Crippen LogP contribution in [0.5, 0.6) is 0 Å². The number of hydroxylamine groups is 2. The monoisotopic (exact) mass is 480 g/mol. The van der Waals surface area contributed by atoms with E-state index in [1.165, 1.54) is 0 Å². The summed E-state index contributed by atoms with van der Waals surface area (Å²) in [6.07, 6.45) is -7.49. The average molecular weight is 480 g/mol. The molecule has 0 heterocycles. The largest absolute Gasteiger partial charge is 0.479 e. The van der Waals surface area contributed by atoms with Crippen LogP contribution >= 0.6 is 0 Å². The van der Waals surface area contributed by atoms with E-state index < -0.39 is 49.6 Å². The second kappa shape index (κ2) is 10.6. The lowest BCUT2D eigenvalue weighted by molar-refractivity contribution is -0.187. The minimum absolute atomic E-state index is 0.158. The molecule has 0 saturated carbocycles. The molecule has 2 aromatic carbocycles. The van der Waals surface area contributed by atoms with Crippen molar-refractivity contribution in [1.82, 2.24) is 10.4 Å². The zero-order valence-corrected chi connectivity index (χ0v) is 18.2. The lowest BCUT2D eigenvalue weighted by Crippen LogP contribution is -2.46. The molecule has 0 saturated heterocycles. The molecule has 11 heteroatoms. The van der Waals surface area contributed by atoms with Crippen molar-refractivity contribution in [3.05, 3.63) is 59.7 Å². The molecule has 0 radical (unpaired) electrons. The van der Waals surface area contributed by atoms with E-state index in [1.807, 2.05) is 48.5 Å². The molecule has 0 fully saturated rings. The summed E-state index contributed by atoms with van der Waals surface area (Å²) in [5.74, 6) is -2.53. The second-order valence-corrected chi connectivity index (χ2v) is 7.66. The number of amides is 2. The normalized spacial score (nSPS) is 13.5. The second-order valence-electron chi connectivity index (χ2n) is 7.66. The number of halogens is 3. The molecule has 2 N–H and O–H groups in total. The fourth-order valence-electron chi connectivity index (χ4n) is 3.75. The van der Waals surface area contributed by atoms with Gasteiger partial charge in [0.2, 0.25) is 5.91 Å². The molecule has 2 aromatic rings. The van der Waals surface area contributed by atoms with Crippen LogP contribution in [0.2, 0.25) is 0 Å². The number of rotatable bonds is 9. The minimum atomic E-state index is -4.83. The topological polar surface area (TPSA) is 105 Å². The molecule has 1 aliphatic carbocycles. The Balaban J connectivity index is 1.59. The van der Waals surface area contributed by atoms with Gasteiger partial charge in [0.15, 0.2) is 6.61 Å². The van der Waals surface area contributed by atoms with Crippen molar-refractivity contribution in [3.8, 4) is 11.1 Å². The molecule has 34 heavy (non-hydrogen) atoms. The highest BCUT2D eigenvalue weighted by Crippen LogP contribution is 2.44. The highest BCUT2D eigenvalue weighted by atomic mass is 19.4. The van der Waals surface area contributed by atoms with Gasteiger partial charge in [-0.2, -0.15) is 13.2 Å². The molecule has 0 bridgehead atoms. The Morgan fingerprint density at radius 2 is 1.62 bits per heavy atom. The number of hydrogen-bond acceptors (Lipinski definition) is 5. The number of carbonyl (C=O) groups is 3. The molecule has 3 rings (SSSR count). The third-order valence-electron chi connectivity index (χ3n) is 5.41.